The normalized spacial score (nSPS) is 13.6. The Morgan fingerprint density at radius 3 is 2.79 bits per heavy atom. The van der Waals surface area contributed by atoms with Crippen LogP contribution in [0.25, 0.3) is 0 Å². The van der Waals surface area contributed by atoms with E-state index in [0.717, 1.165) is 5.56 Å². The zero-order chi connectivity index (χ0) is 14.0. The molecule has 104 valence electrons. The molecule has 0 bridgehead atoms. The van der Waals surface area contributed by atoms with Crippen LogP contribution in [0.4, 0.5) is 0 Å². The minimum atomic E-state index is -3.57. The van der Waals surface area contributed by atoms with E-state index in [1.807, 2.05) is 16.8 Å². The van der Waals surface area contributed by atoms with Crippen LogP contribution in [0.15, 0.2) is 34.0 Å². The van der Waals surface area contributed by atoms with Gasteiger partial charge in [0.25, 0.3) is 0 Å². The van der Waals surface area contributed by atoms with Crippen LogP contribution in [0, 0.1) is 0 Å². The van der Waals surface area contributed by atoms with E-state index in [0.29, 0.717) is 5.69 Å². The number of rotatable bonds is 5. The lowest BCUT2D eigenvalue weighted by molar-refractivity contribution is 0.272. The van der Waals surface area contributed by atoms with Gasteiger partial charge in [-0.25, -0.2) is 13.1 Å². The molecule has 1 atom stereocenters. The predicted molar refractivity (Wildman–Crippen MR) is 74.4 cm³/mol. The summed E-state index contributed by atoms with van der Waals surface area (Å²) in [4.78, 5) is 0.168. The molecule has 0 aromatic carbocycles. The van der Waals surface area contributed by atoms with Gasteiger partial charge in [0.2, 0.25) is 10.0 Å². The maximum absolute atomic E-state index is 12.2. The van der Waals surface area contributed by atoms with Gasteiger partial charge < -0.3 is 9.67 Å². The first-order chi connectivity index (χ1) is 8.94. The molecule has 0 fully saturated rings. The van der Waals surface area contributed by atoms with Gasteiger partial charge in [0.15, 0.2) is 0 Å². The van der Waals surface area contributed by atoms with Gasteiger partial charge >= 0.3 is 0 Å². The molecule has 0 aliphatic rings. The number of thiophene rings is 1. The number of nitrogens with one attached hydrogen (secondary N) is 1. The molecule has 0 aliphatic carbocycles. The van der Waals surface area contributed by atoms with Crippen LogP contribution in [0.1, 0.15) is 24.2 Å². The van der Waals surface area contributed by atoms with E-state index in [2.05, 4.69) is 4.72 Å². The second-order valence-corrected chi connectivity index (χ2v) is 6.83. The molecular formula is C12H16N2O3S2. The van der Waals surface area contributed by atoms with Crippen molar-refractivity contribution in [3.63, 3.8) is 0 Å². The first-order valence-electron chi connectivity index (χ1n) is 5.74. The molecular weight excluding hydrogens is 284 g/mol. The molecule has 0 aliphatic heterocycles. The zero-order valence-corrected chi connectivity index (χ0v) is 12.3. The molecule has 2 N–H and O–H groups in total. The average Bonchev–Trinajstić information content (AvgIpc) is 2.96. The van der Waals surface area contributed by atoms with Crippen molar-refractivity contribution in [2.75, 3.05) is 0 Å². The quantitative estimate of drug-likeness (QED) is 0.881. The summed E-state index contributed by atoms with van der Waals surface area (Å²) in [5.41, 5.74) is 1.50. The highest BCUT2D eigenvalue weighted by atomic mass is 32.2. The van der Waals surface area contributed by atoms with Crippen LogP contribution in [-0.4, -0.2) is 18.1 Å². The summed E-state index contributed by atoms with van der Waals surface area (Å²) in [7, 11) is -1.87. The minimum absolute atomic E-state index is 0.168. The minimum Gasteiger partial charge on any atom is -0.390 e. The third-order valence-electron chi connectivity index (χ3n) is 2.93. The summed E-state index contributed by atoms with van der Waals surface area (Å²) in [6.07, 6.45) is 1.49. The second-order valence-electron chi connectivity index (χ2n) is 4.34. The van der Waals surface area contributed by atoms with Crippen molar-refractivity contribution in [2.24, 2.45) is 7.05 Å². The number of aromatic nitrogens is 1. The molecule has 7 heteroatoms. The van der Waals surface area contributed by atoms with Crippen LogP contribution >= 0.6 is 11.3 Å². The van der Waals surface area contributed by atoms with Gasteiger partial charge in [-0.05, 0) is 35.4 Å². The predicted octanol–water partition coefficient (Wildman–Crippen LogP) is 1.62. The number of aryl methyl sites for hydroxylation is 1. The number of aliphatic hydroxyl groups is 1. The summed E-state index contributed by atoms with van der Waals surface area (Å²) in [6, 6.07) is 3.08. The molecule has 1 unspecified atom stereocenters. The third-order valence-corrected chi connectivity index (χ3v) is 5.14. The van der Waals surface area contributed by atoms with Gasteiger partial charge in [-0.1, -0.05) is 0 Å². The van der Waals surface area contributed by atoms with Gasteiger partial charge in [-0.15, -0.1) is 0 Å². The molecule has 2 aromatic rings. The fourth-order valence-electron chi connectivity index (χ4n) is 1.77. The van der Waals surface area contributed by atoms with Crippen molar-refractivity contribution < 1.29 is 13.5 Å². The van der Waals surface area contributed by atoms with Crippen molar-refractivity contribution >= 4 is 21.4 Å². The van der Waals surface area contributed by atoms with Gasteiger partial charge in [-0.3, -0.25) is 0 Å². The van der Waals surface area contributed by atoms with Gasteiger partial charge in [0.1, 0.15) is 0 Å². The van der Waals surface area contributed by atoms with E-state index in [1.165, 1.54) is 23.6 Å². The summed E-state index contributed by atoms with van der Waals surface area (Å²) < 4.78 is 28.7. The highest BCUT2D eigenvalue weighted by Crippen LogP contribution is 2.20. The molecule has 0 saturated carbocycles. The SMILES string of the molecule is CC(NS(=O)(=O)c1cc(CO)n(C)c1)c1ccsc1. The fraction of sp³-hybridized carbons (Fsp3) is 0.333. The van der Waals surface area contributed by atoms with E-state index >= 15 is 0 Å². The third kappa shape index (κ3) is 3.06. The van der Waals surface area contributed by atoms with E-state index in [9.17, 15) is 8.42 Å². The Kier molecular flexibility index (Phi) is 4.10. The number of hydrogen-bond donors (Lipinski definition) is 2. The smallest absolute Gasteiger partial charge is 0.242 e. The molecule has 2 heterocycles. The number of hydrogen-bond acceptors (Lipinski definition) is 4. The highest BCUT2D eigenvalue weighted by molar-refractivity contribution is 7.89. The topological polar surface area (TPSA) is 71.3 Å². The lowest BCUT2D eigenvalue weighted by atomic mass is 10.2. The Labute approximate surface area is 116 Å². The van der Waals surface area contributed by atoms with Crippen LogP contribution in [0.5, 0.6) is 0 Å². The van der Waals surface area contributed by atoms with Crippen LogP contribution in [-0.2, 0) is 23.7 Å². The summed E-state index contributed by atoms with van der Waals surface area (Å²) in [5.74, 6) is 0. The molecule has 0 spiro atoms. The van der Waals surface area contributed by atoms with Crippen LogP contribution in [0.3, 0.4) is 0 Å². The first-order valence-corrected chi connectivity index (χ1v) is 8.17. The standard InChI is InChI=1S/C12H16N2O3S2/c1-9(10-3-4-18-8-10)13-19(16,17)12-5-11(7-15)14(2)6-12/h3-6,8-9,13,15H,7H2,1-2H3. The number of sulfonamides is 1. The largest absolute Gasteiger partial charge is 0.390 e. The van der Waals surface area contributed by atoms with Crippen LogP contribution < -0.4 is 4.72 Å². The highest BCUT2D eigenvalue weighted by Gasteiger charge is 2.20. The fourth-order valence-corrected chi connectivity index (χ4v) is 3.85. The van der Waals surface area contributed by atoms with E-state index < -0.39 is 10.0 Å². The lowest BCUT2D eigenvalue weighted by Gasteiger charge is -2.11. The van der Waals surface area contributed by atoms with Crippen molar-refractivity contribution in [3.8, 4) is 0 Å². The maximum Gasteiger partial charge on any atom is 0.242 e. The average molecular weight is 300 g/mol. The Morgan fingerprint density at radius 1 is 1.53 bits per heavy atom. The number of aliphatic hydroxyl groups excluding tert-OH is 1. The Hall–Kier alpha value is -1.15. The molecule has 2 aromatic heterocycles. The summed E-state index contributed by atoms with van der Waals surface area (Å²) in [6.45, 7) is 1.61. The summed E-state index contributed by atoms with van der Waals surface area (Å²) in [5, 5.41) is 12.9. The summed E-state index contributed by atoms with van der Waals surface area (Å²) >= 11 is 1.53. The van der Waals surface area contributed by atoms with Crippen molar-refractivity contribution in [3.05, 3.63) is 40.3 Å². The van der Waals surface area contributed by atoms with Crippen molar-refractivity contribution in [1.82, 2.24) is 9.29 Å². The zero-order valence-electron chi connectivity index (χ0n) is 10.7. The Morgan fingerprint density at radius 2 is 2.26 bits per heavy atom. The molecule has 0 saturated heterocycles. The second kappa shape index (κ2) is 5.46. The molecule has 0 amide bonds. The molecule has 0 radical (unpaired) electrons. The van der Waals surface area contributed by atoms with Gasteiger partial charge in [0.05, 0.1) is 11.5 Å². The van der Waals surface area contributed by atoms with E-state index in [4.69, 9.17) is 5.11 Å². The van der Waals surface area contributed by atoms with E-state index in [-0.39, 0.29) is 17.5 Å². The van der Waals surface area contributed by atoms with E-state index in [1.54, 1.807) is 18.5 Å². The van der Waals surface area contributed by atoms with Crippen molar-refractivity contribution in [1.29, 1.82) is 0 Å². The van der Waals surface area contributed by atoms with Gasteiger partial charge in [0, 0.05) is 25.0 Å². The molecule has 5 nitrogen and oxygen atoms in total. The van der Waals surface area contributed by atoms with Gasteiger partial charge in [-0.2, -0.15) is 11.3 Å². The number of nitrogens with zero attached hydrogens (tertiary/aromatic N) is 1. The Bertz CT molecular complexity index is 645. The molecule has 19 heavy (non-hydrogen) atoms. The monoisotopic (exact) mass is 300 g/mol. The first kappa shape index (κ1) is 14.3. The lowest BCUT2D eigenvalue weighted by Crippen LogP contribution is -2.26. The van der Waals surface area contributed by atoms with Crippen molar-refractivity contribution in [2.45, 2.75) is 24.5 Å². The maximum atomic E-state index is 12.2. The van der Waals surface area contributed by atoms with Crippen LogP contribution in [0.2, 0.25) is 0 Å². The Balaban J connectivity index is 2.22. The molecule has 2 rings (SSSR count).